The monoisotopic (exact) mass is 574 g/mol. The number of nitrogens with one attached hydrogen (secondary N) is 1. The van der Waals surface area contributed by atoms with Crippen molar-refractivity contribution >= 4 is 45.0 Å². The maximum Gasteiger partial charge on any atom is 0.416 e. The van der Waals surface area contributed by atoms with Gasteiger partial charge in [0.05, 0.1) is 21.2 Å². The summed E-state index contributed by atoms with van der Waals surface area (Å²) < 4.78 is 80.2. The highest BCUT2D eigenvalue weighted by Gasteiger charge is 2.34. The van der Waals surface area contributed by atoms with E-state index >= 15 is 0 Å². The topological polar surface area (TPSA) is 66.5 Å². The first-order valence-electron chi connectivity index (χ1n) is 11.0. The van der Waals surface area contributed by atoms with Crippen molar-refractivity contribution in [1.82, 2.24) is 5.32 Å². The standard InChI is InChI=1S/C25H23ClF4N2O3S2/c26-22-12-9-19(25(28,29)30)15-23(22)32(37(34,35)21-5-2-1-3-6-21)16-24(33)31-13-4-14-36-17-18-7-10-20(27)11-8-18/h1-3,5-12,15H,4,13-14,16-17H2,(H,31,33). The Morgan fingerprint density at radius 2 is 1.68 bits per heavy atom. The van der Waals surface area contributed by atoms with E-state index in [1.165, 1.54) is 36.4 Å². The Balaban J connectivity index is 1.69. The lowest BCUT2D eigenvalue weighted by atomic mass is 10.2. The molecule has 0 aliphatic carbocycles. The van der Waals surface area contributed by atoms with E-state index in [0.29, 0.717) is 28.3 Å². The molecule has 0 spiro atoms. The Morgan fingerprint density at radius 3 is 2.32 bits per heavy atom. The molecule has 198 valence electrons. The summed E-state index contributed by atoms with van der Waals surface area (Å²) in [4.78, 5) is 12.5. The summed E-state index contributed by atoms with van der Waals surface area (Å²) in [5.74, 6) is 0.317. The van der Waals surface area contributed by atoms with Crippen LogP contribution in [0.25, 0.3) is 0 Å². The molecule has 0 aliphatic heterocycles. The number of hydrogen-bond acceptors (Lipinski definition) is 4. The van der Waals surface area contributed by atoms with Crippen LogP contribution in [0.3, 0.4) is 0 Å². The second-order valence-electron chi connectivity index (χ2n) is 7.87. The number of nitrogens with zero attached hydrogens (tertiary/aromatic N) is 1. The molecule has 12 heteroatoms. The minimum atomic E-state index is -4.74. The van der Waals surface area contributed by atoms with E-state index in [1.54, 1.807) is 30.0 Å². The number of sulfonamides is 1. The number of thioether (sulfide) groups is 1. The van der Waals surface area contributed by atoms with Crippen molar-refractivity contribution in [1.29, 1.82) is 0 Å². The molecule has 0 heterocycles. The van der Waals surface area contributed by atoms with Crippen molar-refractivity contribution in [3.63, 3.8) is 0 Å². The van der Waals surface area contributed by atoms with Gasteiger partial charge in [0.25, 0.3) is 10.0 Å². The third-order valence-electron chi connectivity index (χ3n) is 5.13. The molecule has 3 aromatic carbocycles. The van der Waals surface area contributed by atoms with E-state index in [9.17, 15) is 30.8 Å². The van der Waals surface area contributed by atoms with E-state index in [1.807, 2.05) is 0 Å². The third kappa shape index (κ3) is 8.11. The molecular weight excluding hydrogens is 552 g/mol. The van der Waals surface area contributed by atoms with Crippen LogP contribution >= 0.6 is 23.4 Å². The lowest BCUT2D eigenvalue weighted by Gasteiger charge is -2.25. The van der Waals surface area contributed by atoms with Gasteiger partial charge in [0.2, 0.25) is 5.91 Å². The largest absolute Gasteiger partial charge is 0.416 e. The van der Waals surface area contributed by atoms with Crippen LogP contribution in [0.4, 0.5) is 23.2 Å². The van der Waals surface area contributed by atoms with Crippen molar-refractivity contribution in [2.75, 3.05) is 23.1 Å². The summed E-state index contributed by atoms with van der Waals surface area (Å²) in [6.07, 6.45) is -4.18. The van der Waals surface area contributed by atoms with E-state index in [2.05, 4.69) is 5.32 Å². The van der Waals surface area contributed by atoms with Crippen LogP contribution in [-0.4, -0.2) is 33.2 Å². The second kappa shape index (κ2) is 12.7. The van der Waals surface area contributed by atoms with Crippen LogP contribution in [0.1, 0.15) is 17.5 Å². The molecule has 0 radical (unpaired) electrons. The predicted octanol–water partition coefficient (Wildman–Crippen LogP) is 6.13. The minimum absolute atomic E-state index is 0.200. The van der Waals surface area contributed by atoms with Crippen LogP contribution in [0.5, 0.6) is 0 Å². The number of carbonyl (C=O) groups excluding carboxylic acids is 1. The zero-order chi connectivity index (χ0) is 27.1. The van der Waals surface area contributed by atoms with Gasteiger partial charge in [-0.2, -0.15) is 24.9 Å². The van der Waals surface area contributed by atoms with Crippen LogP contribution in [0.15, 0.2) is 77.7 Å². The molecule has 0 fully saturated rings. The van der Waals surface area contributed by atoms with Crippen molar-refractivity contribution < 1.29 is 30.8 Å². The molecule has 1 N–H and O–H groups in total. The Labute approximate surface area is 221 Å². The zero-order valence-corrected chi connectivity index (χ0v) is 21.7. The van der Waals surface area contributed by atoms with Crippen molar-refractivity contribution in [2.45, 2.75) is 23.2 Å². The fraction of sp³-hybridized carbons (Fsp3) is 0.240. The Hall–Kier alpha value is -2.76. The normalized spacial score (nSPS) is 11.8. The summed E-state index contributed by atoms with van der Waals surface area (Å²) in [6, 6.07) is 15.5. The summed E-state index contributed by atoms with van der Waals surface area (Å²) in [6.45, 7) is -0.536. The predicted molar refractivity (Wildman–Crippen MR) is 138 cm³/mol. The lowest BCUT2D eigenvalue weighted by Crippen LogP contribution is -2.41. The van der Waals surface area contributed by atoms with Gasteiger partial charge in [-0.15, -0.1) is 0 Å². The molecule has 37 heavy (non-hydrogen) atoms. The number of hydrogen-bond donors (Lipinski definition) is 1. The minimum Gasteiger partial charge on any atom is -0.354 e. The van der Waals surface area contributed by atoms with Gasteiger partial charge < -0.3 is 5.32 Å². The molecule has 0 bridgehead atoms. The van der Waals surface area contributed by atoms with Gasteiger partial charge in [-0.05, 0) is 60.2 Å². The van der Waals surface area contributed by atoms with Gasteiger partial charge in [-0.3, -0.25) is 9.10 Å². The first-order chi connectivity index (χ1) is 17.5. The molecule has 0 atom stereocenters. The van der Waals surface area contributed by atoms with Crippen LogP contribution in [0.2, 0.25) is 5.02 Å². The number of alkyl halides is 3. The third-order valence-corrected chi connectivity index (χ3v) is 8.34. The average molecular weight is 575 g/mol. The highest BCUT2D eigenvalue weighted by atomic mass is 35.5. The van der Waals surface area contributed by atoms with E-state index in [0.717, 1.165) is 17.7 Å². The highest BCUT2D eigenvalue weighted by molar-refractivity contribution is 7.98. The van der Waals surface area contributed by atoms with Crippen molar-refractivity contribution in [3.8, 4) is 0 Å². The lowest BCUT2D eigenvalue weighted by molar-refractivity contribution is -0.137. The summed E-state index contributed by atoms with van der Waals surface area (Å²) in [5.41, 5.74) is -0.598. The van der Waals surface area contributed by atoms with Gasteiger partial charge in [0, 0.05) is 12.3 Å². The smallest absolute Gasteiger partial charge is 0.354 e. The first-order valence-corrected chi connectivity index (χ1v) is 14.0. The Bertz CT molecular complexity index is 1310. The maximum atomic E-state index is 13.3. The van der Waals surface area contributed by atoms with Crippen molar-refractivity contribution in [2.24, 2.45) is 0 Å². The summed E-state index contributed by atoms with van der Waals surface area (Å²) in [7, 11) is -4.42. The molecule has 1 amide bonds. The quantitative estimate of drug-likeness (QED) is 0.221. The van der Waals surface area contributed by atoms with Crippen LogP contribution < -0.4 is 9.62 Å². The number of anilines is 1. The van der Waals surface area contributed by atoms with Crippen molar-refractivity contribution in [3.05, 3.63) is 94.8 Å². The van der Waals surface area contributed by atoms with Crippen LogP contribution in [-0.2, 0) is 26.7 Å². The second-order valence-corrected chi connectivity index (χ2v) is 11.2. The summed E-state index contributed by atoms with van der Waals surface area (Å²) in [5, 5.41) is 2.35. The number of halogens is 5. The number of benzene rings is 3. The average Bonchev–Trinajstić information content (AvgIpc) is 2.86. The molecule has 0 saturated carbocycles. The van der Waals surface area contributed by atoms with E-state index in [4.69, 9.17) is 11.6 Å². The molecule has 3 aromatic rings. The number of rotatable bonds is 11. The molecule has 0 saturated heterocycles. The Morgan fingerprint density at radius 1 is 1.00 bits per heavy atom. The molecule has 5 nitrogen and oxygen atoms in total. The van der Waals surface area contributed by atoms with Gasteiger partial charge in [-0.1, -0.05) is 41.9 Å². The highest BCUT2D eigenvalue weighted by Crippen LogP contribution is 2.37. The van der Waals surface area contributed by atoms with Gasteiger partial charge in [0.15, 0.2) is 0 Å². The molecule has 0 aliphatic rings. The van der Waals surface area contributed by atoms with Crippen LogP contribution in [0, 0.1) is 5.82 Å². The van der Waals surface area contributed by atoms with Gasteiger partial charge in [0.1, 0.15) is 12.4 Å². The fourth-order valence-electron chi connectivity index (χ4n) is 3.26. The molecule has 0 aromatic heterocycles. The van der Waals surface area contributed by atoms with E-state index < -0.39 is 39.9 Å². The SMILES string of the molecule is O=C(CN(c1cc(C(F)(F)F)ccc1Cl)S(=O)(=O)c1ccccc1)NCCCSCc1ccc(F)cc1. The summed E-state index contributed by atoms with van der Waals surface area (Å²) >= 11 is 7.69. The van der Waals surface area contributed by atoms with Gasteiger partial charge >= 0.3 is 6.18 Å². The first kappa shape index (κ1) is 28.8. The molecule has 3 rings (SSSR count). The molecular formula is C25H23ClF4N2O3S2. The van der Waals surface area contributed by atoms with E-state index in [-0.39, 0.29) is 22.3 Å². The fourth-order valence-corrected chi connectivity index (χ4v) is 5.90. The number of carbonyl (C=O) groups is 1. The Kier molecular flexibility index (Phi) is 9.86. The maximum absolute atomic E-state index is 13.3. The zero-order valence-electron chi connectivity index (χ0n) is 19.3. The van der Waals surface area contributed by atoms with Gasteiger partial charge in [-0.25, -0.2) is 12.8 Å². The number of amides is 1. The molecule has 0 unspecified atom stereocenters.